The lowest BCUT2D eigenvalue weighted by molar-refractivity contribution is -0.137. The highest BCUT2D eigenvalue weighted by Gasteiger charge is 2.47. The molecule has 1 aliphatic heterocycles. The monoisotopic (exact) mass is 435 g/mol. The number of fused-ring (bicyclic) bond motifs is 1. The molecule has 3 atom stereocenters. The summed E-state index contributed by atoms with van der Waals surface area (Å²) in [6.07, 6.45) is -3.63. The van der Waals surface area contributed by atoms with Crippen molar-refractivity contribution in [2.24, 2.45) is 11.8 Å². The summed E-state index contributed by atoms with van der Waals surface area (Å²) in [4.78, 5) is 11.0. The van der Waals surface area contributed by atoms with Crippen LogP contribution in [0.5, 0.6) is 0 Å². The molecule has 0 aromatic heterocycles. The van der Waals surface area contributed by atoms with Crippen molar-refractivity contribution in [2.45, 2.75) is 43.3 Å². The molecule has 1 heterocycles. The number of hydrogen-bond acceptors (Lipinski definition) is 4. The van der Waals surface area contributed by atoms with Crippen LogP contribution in [0.15, 0.2) is 29.2 Å². The second-order valence-electron chi connectivity index (χ2n) is 7.52. The number of rotatable bonds is 6. The van der Waals surface area contributed by atoms with Crippen molar-refractivity contribution in [1.82, 2.24) is 14.7 Å². The first-order valence-corrected chi connectivity index (χ1v) is 10.9. The molecule has 3 rings (SSSR count). The standard InChI is InChI=1S/C18H24F3N3O4S/c1-2-8-24(17(25)26)22-16-7-6-12-10-23(11-15(12)16)29(27,28)14-5-3-4-13(9-14)18(19,20)21/h3-5,9,12,15-16,22H,2,6-8,10-11H2,1H3,(H,25,26)/t12-,15+,16+/m1/s1. The number of sulfonamides is 1. The first-order chi connectivity index (χ1) is 13.5. The molecule has 162 valence electrons. The second kappa shape index (κ2) is 8.11. The van der Waals surface area contributed by atoms with Gasteiger partial charge in [-0.3, -0.25) is 0 Å². The van der Waals surface area contributed by atoms with Gasteiger partial charge in [-0.25, -0.2) is 23.6 Å². The average Bonchev–Trinajstić information content (AvgIpc) is 3.23. The van der Waals surface area contributed by atoms with Gasteiger partial charge in [0.15, 0.2) is 0 Å². The Balaban J connectivity index is 1.75. The van der Waals surface area contributed by atoms with E-state index in [2.05, 4.69) is 5.43 Å². The molecule has 1 aliphatic carbocycles. The fraction of sp³-hybridized carbons (Fsp3) is 0.611. The van der Waals surface area contributed by atoms with Crippen molar-refractivity contribution in [3.8, 4) is 0 Å². The van der Waals surface area contributed by atoms with Gasteiger partial charge in [-0.15, -0.1) is 0 Å². The van der Waals surface area contributed by atoms with Crippen molar-refractivity contribution in [3.05, 3.63) is 29.8 Å². The molecular formula is C18H24F3N3O4S. The van der Waals surface area contributed by atoms with Gasteiger partial charge < -0.3 is 5.11 Å². The lowest BCUT2D eigenvalue weighted by atomic mass is 9.98. The van der Waals surface area contributed by atoms with Gasteiger partial charge in [0.2, 0.25) is 10.0 Å². The minimum atomic E-state index is -4.62. The average molecular weight is 435 g/mol. The van der Waals surface area contributed by atoms with E-state index in [0.29, 0.717) is 19.0 Å². The van der Waals surface area contributed by atoms with Gasteiger partial charge in [0, 0.05) is 25.7 Å². The number of alkyl halides is 3. The number of carbonyl (C=O) groups is 1. The van der Waals surface area contributed by atoms with Crippen LogP contribution in [0.1, 0.15) is 31.7 Å². The Morgan fingerprint density at radius 1 is 1.31 bits per heavy atom. The minimum absolute atomic E-state index is 0.0466. The van der Waals surface area contributed by atoms with Crippen LogP contribution in [-0.4, -0.2) is 54.6 Å². The number of hydrazine groups is 1. The number of hydrogen-bond donors (Lipinski definition) is 2. The highest BCUT2D eigenvalue weighted by atomic mass is 32.2. The Morgan fingerprint density at radius 3 is 2.66 bits per heavy atom. The fourth-order valence-electron chi connectivity index (χ4n) is 4.20. The van der Waals surface area contributed by atoms with Gasteiger partial charge in [-0.2, -0.15) is 17.5 Å². The molecule has 0 unspecified atom stereocenters. The summed E-state index contributed by atoms with van der Waals surface area (Å²) in [7, 11) is -4.07. The van der Waals surface area contributed by atoms with Crippen LogP contribution in [0.2, 0.25) is 0 Å². The van der Waals surface area contributed by atoms with E-state index >= 15 is 0 Å². The first-order valence-electron chi connectivity index (χ1n) is 9.48. The Hall–Kier alpha value is -1.85. The summed E-state index contributed by atoms with van der Waals surface area (Å²) >= 11 is 0. The summed E-state index contributed by atoms with van der Waals surface area (Å²) in [6.45, 7) is 2.55. The zero-order valence-electron chi connectivity index (χ0n) is 15.9. The summed E-state index contributed by atoms with van der Waals surface area (Å²) in [5.41, 5.74) is 1.99. The largest absolute Gasteiger partial charge is 0.464 e. The van der Waals surface area contributed by atoms with Crippen LogP contribution in [0.25, 0.3) is 0 Å². The van der Waals surface area contributed by atoms with Crippen LogP contribution < -0.4 is 5.43 Å². The molecule has 0 radical (unpaired) electrons. The topological polar surface area (TPSA) is 90.0 Å². The van der Waals surface area contributed by atoms with Crippen molar-refractivity contribution in [3.63, 3.8) is 0 Å². The zero-order valence-corrected chi connectivity index (χ0v) is 16.7. The quantitative estimate of drug-likeness (QED) is 0.671. The number of halogens is 3. The molecule has 2 fully saturated rings. The molecule has 29 heavy (non-hydrogen) atoms. The van der Waals surface area contributed by atoms with Gasteiger partial charge in [0.25, 0.3) is 0 Å². The van der Waals surface area contributed by atoms with Crippen molar-refractivity contribution in [2.75, 3.05) is 19.6 Å². The number of nitrogens with one attached hydrogen (secondary N) is 1. The van der Waals surface area contributed by atoms with Crippen molar-refractivity contribution < 1.29 is 31.5 Å². The van der Waals surface area contributed by atoms with Gasteiger partial charge in [0.1, 0.15) is 0 Å². The summed E-state index contributed by atoms with van der Waals surface area (Å²) in [5.74, 6) is -0.0420. The van der Waals surface area contributed by atoms with Crippen LogP contribution >= 0.6 is 0 Å². The lowest BCUT2D eigenvalue weighted by Gasteiger charge is -2.28. The Bertz CT molecular complexity index is 862. The fourth-order valence-corrected chi connectivity index (χ4v) is 5.78. The van der Waals surface area contributed by atoms with Gasteiger partial charge in [-0.05, 0) is 49.3 Å². The second-order valence-corrected chi connectivity index (χ2v) is 9.46. The summed E-state index contributed by atoms with van der Waals surface area (Å²) in [5, 5.41) is 10.4. The van der Waals surface area contributed by atoms with Gasteiger partial charge in [0.05, 0.1) is 10.5 Å². The number of benzene rings is 1. The molecule has 0 spiro atoms. The smallest absolute Gasteiger partial charge is 0.421 e. The molecule has 0 bridgehead atoms. The number of amides is 1. The molecule has 2 aliphatic rings. The molecular weight excluding hydrogens is 411 g/mol. The molecule has 2 N–H and O–H groups in total. The predicted octanol–water partition coefficient (Wildman–Crippen LogP) is 3.00. The van der Waals surface area contributed by atoms with Crippen LogP contribution in [-0.2, 0) is 16.2 Å². The molecule has 1 aromatic carbocycles. The molecule has 7 nitrogen and oxygen atoms in total. The van der Waals surface area contributed by atoms with E-state index in [-0.39, 0.29) is 35.9 Å². The Kier molecular flexibility index (Phi) is 6.11. The summed E-state index contributed by atoms with van der Waals surface area (Å²) in [6, 6.07) is 3.57. The first kappa shape index (κ1) is 21.8. The Morgan fingerprint density at radius 2 is 2.03 bits per heavy atom. The summed E-state index contributed by atoms with van der Waals surface area (Å²) < 4.78 is 65.9. The third kappa shape index (κ3) is 4.51. The van der Waals surface area contributed by atoms with Crippen LogP contribution in [0, 0.1) is 11.8 Å². The molecule has 1 saturated heterocycles. The van der Waals surface area contributed by atoms with Crippen LogP contribution in [0.4, 0.5) is 18.0 Å². The highest BCUT2D eigenvalue weighted by Crippen LogP contribution is 2.41. The molecule has 1 amide bonds. The maximum absolute atomic E-state index is 13.0. The maximum atomic E-state index is 13.0. The molecule has 1 saturated carbocycles. The molecule has 11 heteroatoms. The third-order valence-electron chi connectivity index (χ3n) is 5.62. The van der Waals surface area contributed by atoms with E-state index in [1.54, 1.807) is 0 Å². The normalized spacial score (nSPS) is 25.2. The van der Waals surface area contributed by atoms with E-state index in [4.69, 9.17) is 0 Å². The van der Waals surface area contributed by atoms with Crippen molar-refractivity contribution >= 4 is 16.1 Å². The van der Waals surface area contributed by atoms with E-state index in [1.807, 2.05) is 6.92 Å². The lowest BCUT2D eigenvalue weighted by Crippen LogP contribution is -2.50. The van der Waals surface area contributed by atoms with Crippen LogP contribution in [0.3, 0.4) is 0 Å². The zero-order chi connectivity index (χ0) is 21.4. The minimum Gasteiger partial charge on any atom is -0.464 e. The predicted molar refractivity (Wildman–Crippen MR) is 98.4 cm³/mol. The van der Waals surface area contributed by atoms with Gasteiger partial charge in [-0.1, -0.05) is 13.0 Å². The highest BCUT2D eigenvalue weighted by molar-refractivity contribution is 7.89. The molecule has 1 aromatic rings. The third-order valence-corrected chi connectivity index (χ3v) is 7.45. The SMILES string of the molecule is CCCN(N[C@H]1CC[C@@H]2CN(S(=O)(=O)c3cccc(C(F)(F)F)c3)C[C@@H]21)C(=O)O. The van der Waals surface area contributed by atoms with E-state index in [1.165, 1.54) is 10.4 Å². The van der Waals surface area contributed by atoms with Gasteiger partial charge >= 0.3 is 12.3 Å². The van der Waals surface area contributed by atoms with E-state index in [9.17, 15) is 31.5 Å². The maximum Gasteiger partial charge on any atom is 0.421 e. The van der Waals surface area contributed by atoms with E-state index in [0.717, 1.165) is 30.0 Å². The number of carboxylic acid groups (broad SMARTS) is 1. The van der Waals surface area contributed by atoms with E-state index < -0.39 is 27.9 Å². The Labute approximate surface area is 167 Å². The van der Waals surface area contributed by atoms with Crippen molar-refractivity contribution in [1.29, 1.82) is 0 Å². The number of nitrogens with zero attached hydrogens (tertiary/aromatic N) is 2.